The van der Waals surface area contributed by atoms with Gasteiger partial charge in [0.25, 0.3) is 0 Å². The molecule has 1 aliphatic carbocycles. The molecular weight excluding hydrogens is 475 g/mol. The molecule has 2 rings (SSSR count). The number of likely N-dealkylation sites (tertiary alicyclic amines) is 1. The molecule has 2 radical (unpaired) electrons. The summed E-state index contributed by atoms with van der Waals surface area (Å²) in [7, 11) is 0. The Labute approximate surface area is 147 Å². The standard InChI is InChI=1S/C9H16NO3.C7H14N.Pb/c1-2-7-13-9(12)10-5-3-8(11)4-6-10;1-6-2-4-7(8)5-3-6;/h8H,2-7H2,1H3;6-8H,2-5H2,1H3;/q2*-1;+2. The molecule has 1 heterocycles. The van der Waals surface area contributed by atoms with E-state index >= 15 is 0 Å². The van der Waals surface area contributed by atoms with Crippen LogP contribution in [0.1, 0.15) is 58.8 Å². The van der Waals surface area contributed by atoms with Crippen molar-refractivity contribution in [2.75, 3.05) is 19.7 Å². The third-order valence-electron chi connectivity index (χ3n) is 4.63. The second-order valence-corrected chi connectivity index (χ2v) is 9.45. The van der Waals surface area contributed by atoms with Crippen molar-refractivity contribution in [3.63, 3.8) is 0 Å². The molecule has 1 saturated carbocycles. The second-order valence-electron chi connectivity index (χ2n) is 6.62. The molecule has 1 aliphatic heterocycles. The molecule has 1 N–H and O–H groups in total. The van der Waals surface area contributed by atoms with Crippen molar-refractivity contribution in [1.82, 2.24) is 8.03 Å². The molecule has 0 bridgehead atoms. The Morgan fingerprint density at radius 1 is 1.18 bits per heavy atom. The molecule has 1 amide bonds. The van der Waals surface area contributed by atoms with E-state index in [1.54, 1.807) is 0 Å². The summed E-state index contributed by atoms with van der Waals surface area (Å²) < 4.78 is 15.0. The zero-order valence-electron chi connectivity index (χ0n) is 14.0. The third kappa shape index (κ3) is 6.31. The van der Waals surface area contributed by atoms with E-state index < -0.39 is 25.0 Å². The van der Waals surface area contributed by atoms with Gasteiger partial charge in [-0.3, -0.25) is 0 Å². The normalized spacial score (nSPS) is 26.9. The fraction of sp³-hybridized carbons (Fsp3) is 0.938. The molecule has 126 valence electrons. The van der Waals surface area contributed by atoms with Crippen LogP contribution in [0.3, 0.4) is 0 Å². The Bertz CT molecular complexity index is 327. The number of carbonyl (C=O) groups excluding carboxylic acids is 1. The van der Waals surface area contributed by atoms with Gasteiger partial charge in [-0.2, -0.15) is 0 Å². The van der Waals surface area contributed by atoms with Crippen LogP contribution in [0.25, 0.3) is 0 Å². The van der Waals surface area contributed by atoms with Gasteiger partial charge < -0.3 is 0 Å². The number of piperidine rings is 1. The summed E-state index contributed by atoms with van der Waals surface area (Å²) >= 11 is -1.14. The van der Waals surface area contributed by atoms with Crippen molar-refractivity contribution in [1.29, 1.82) is 0 Å². The maximum atomic E-state index is 11.8. The molecule has 0 unspecified atom stereocenters. The van der Waals surface area contributed by atoms with Crippen LogP contribution >= 0.6 is 0 Å². The minimum atomic E-state index is -1.14. The van der Waals surface area contributed by atoms with Crippen LogP contribution in [0.4, 0.5) is 4.79 Å². The van der Waals surface area contributed by atoms with Gasteiger partial charge in [-0.25, -0.2) is 0 Å². The predicted octanol–water partition coefficient (Wildman–Crippen LogP) is 2.72. The predicted molar refractivity (Wildman–Crippen MR) is 87.6 cm³/mol. The summed E-state index contributed by atoms with van der Waals surface area (Å²) in [5, 5.41) is 0. The van der Waals surface area contributed by atoms with Gasteiger partial charge in [0.05, 0.1) is 0 Å². The van der Waals surface area contributed by atoms with Crippen molar-refractivity contribution >= 4 is 31.1 Å². The number of nitrogens with one attached hydrogen (secondary N) is 1. The molecule has 1 saturated heterocycles. The number of hydrogen-bond donors (Lipinski definition) is 1. The average molecular weight is 506 g/mol. The van der Waals surface area contributed by atoms with Crippen molar-refractivity contribution in [2.45, 2.75) is 70.9 Å². The molecule has 2 fully saturated rings. The molecule has 0 spiro atoms. The van der Waals surface area contributed by atoms with Crippen LogP contribution < -0.4 is 3.13 Å². The molecule has 0 aromatic carbocycles. The van der Waals surface area contributed by atoms with Crippen LogP contribution in [0.2, 0.25) is 0 Å². The number of nitrogens with zero attached hydrogens (tertiary/aromatic N) is 1. The van der Waals surface area contributed by atoms with Gasteiger partial charge in [0.15, 0.2) is 0 Å². The SMILES string of the molecule is CCCOC(=O)N1CCC([O][Pb][NH]C2CCC(C)CC2)CC1. The first-order valence-electron chi connectivity index (χ1n) is 8.77. The van der Waals surface area contributed by atoms with Gasteiger partial charge in [0.2, 0.25) is 0 Å². The fourth-order valence-corrected chi connectivity index (χ4v) is 6.64. The number of amides is 1. The zero-order chi connectivity index (χ0) is 15.8. The van der Waals surface area contributed by atoms with Crippen molar-refractivity contribution in [2.24, 2.45) is 5.92 Å². The molecule has 5 nitrogen and oxygen atoms in total. The Kier molecular flexibility index (Phi) is 8.45. The molecular formula is C16H30N2O3Pb. The van der Waals surface area contributed by atoms with E-state index in [1.165, 1.54) is 25.7 Å². The van der Waals surface area contributed by atoms with E-state index in [4.69, 9.17) is 7.42 Å². The Morgan fingerprint density at radius 2 is 1.86 bits per heavy atom. The van der Waals surface area contributed by atoms with E-state index in [0.29, 0.717) is 18.8 Å². The summed E-state index contributed by atoms with van der Waals surface area (Å²) in [6.45, 7) is 6.44. The summed E-state index contributed by atoms with van der Waals surface area (Å²) in [4.78, 5) is 13.6. The van der Waals surface area contributed by atoms with Gasteiger partial charge in [0.1, 0.15) is 0 Å². The number of hydrogen-bond acceptors (Lipinski definition) is 4. The van der Waals surface area contributed by atoms with Gasteiger partial charge in [0, 0.05) is 0 Å². The minimum absolute atomic E-state index is 0.156. The molecule has 0 aromatic rings. The van der Waals surface area contributed by atoms with Gasteiger partial charge in [-0.15, -0.1) is 0 Å². The van der Waals surface area contributed by atoms with Crippen LogP contribution in [0.15, 0.2) is 0 Å². The Balaban J connectivity index is 1.55. The quantitative estimate of drug-likeness (QED) is 0.564. The maximum absolute atomic E-state index is 11.8. The molecule has 0 aromatic heterocycles. The first-order chi connectivity index (χ1) is 10.7. The number of carbonyl (C=O) groups is 1. The third-order valence-corrected chi connectivity index (χ3v) is 8.43. The summed E-state index contributed by atoms with van der Waals surface area (Å²) in [5.41, 5.74) is 0. The van der Waals surface area contributed by atoms with Crippen molar-refractivity contribution in [3.05, 3.63) is 0 Å². The fourth-order valence-electron chi connectivity index (χ4n) is 3.04. The average Bonchev–Trinajstić information content (AvgIpc) is 2.55. The van der Waals surface area contributed by atoms with Crippen LogP contribution in [0, 0.1) is 5.92 Å². The Morgan fingerprint density at radius 3 is 2.50 bits per heavy atom. The van der Waals surface area contributed by atoms with Crippen molar-refractivity contribution < 1.29 is 12.2 Å². The van der Waals surface area contributed by atoms with Crippen LogP contribution in [0.5, 0.6) is 0 Å². The van der Waals surface area contributed by atoms with Crippen LogP contribution in [-0.2, 0) is 7.42 Å². The first kappa shape index (κ1) is 18.5. The summed E-state index contributed by atoms with van der Waals surface area (Å²) in [5.74, 6) is 0.907. The van der Waals surface area contributed by atoms with E-state index in [9.17, 15) is 4.79 Å². The van der Waals surface area contributed by atoms with E-state index in [0.717, 1.165) is 38.3 Å². The van der Waals surface area contributed by atoms with Gasteiger partial charge in [-0.1, -0.05) is 0 Å². The zero-order valence-corrected chi connectivity index (χ0v) is 17.9. The molecule has 6 heteroatoms. The van der Waals surface area contributed by atoms with E-state index in [2.05, 4.69) is 10.1 Å². The summed E-state index contributed by atoms with van der Waals surface area (Å²) in [6.07, 6.45) is 8.35. The molecule has 0 atom stereocenters. The van der Waals surface area contributed by atoms with Crippen LogP contribution in [-0.4, -0.2) is 67.8 Å². The number of ether oxygens (including phenoxy) is 1. The summed E-state index contributed by atoms with van der Waals surface area (Å²) in [6, 6.07) is 0.712. The second kappa shape index (κ2) is 10.1. The first-order valence-corrected chi connectivity index (χ1v) is 12.3. The Hall–Kier alpha value is 0.112. The number of rotatable bonds is 6. The van der Waals surface area contributed by atoms with Gasteiger partial charge in [-0.05, 0) is 0 Å². The topological polar surface area (TPSA) is 50.8 Å². The van der Waals surface area contributed by atoms with E-state index in [-0.39, 0.29) is 6.09 Å². The van der Waals surface area contributed by atoms with Gasteiger partial charge >= 0.3 is 148 Å². The molecule has 22 heavy (non-hydrogen) atoms. The monoisotopic (exact) mass is 506 g/mol. The van der Waals surface area contributed by atoms with Crippen molar-refractivity contribution in [3.8, 4) is 0 Å². The van der Waals surface area contributed by atoms with E-state index in [1.807, 2.05) is 11.8 Å². The molecule has 2 aliphatic rings.